The number of carbonyl (C=O) groups is 2. The molecule has 9 heteroatoms. The molecule has 0 amide bonds. The molecule has 2 aromatic heterocycles. The molecule has 2 heterocycles. The summed E-state index contributed by atoms with van der Waals surface area (Å²) in [7, 11) is 3.24. The summed E-state index contributed by atoms with van der Waals surface area (Å²) in [5.41, 5.74) is 4.91. The zero-order chi connectivity index (χ0) is 27.2. The Kier molecular flexibility index (Phi) is 8.15. The van der Waals surface area contributed by atoms with E-state index in [1.165, 1.54) is 0 Å². The predicted molar refractivity (Wildman–Crippen MR) is 143 cm³/mol. The van der Waals surface area contributed by atoms with Crippen molar-refractivity contribution in [1.82, 2.24) is 14.5 Å². The van der Waals surface area contributed by atoms with Crippen LogP contribution >= 0.6 is 0 Å². The number of benzene rings is 2. The molecule has 0 aliphatic rings. The monoisotopic (exact) mass is 517 g/mol. The van der Waals surface area contributed by atoms with Crippen molar-refractivity contribution < 1.29 is 28.5 Å². The van der Waals surface area contributed by atoms with Crippen molar-refractivity contribution in [1.29, 1.82) is 0 Å². The zero-order valence-electron chi connectivity index (χ0n) is 22.2. The van der Waals surface area contributed by atoms with Crippen molar-refractivity contribution in [3.05, 3.63) is 66.0 Å². The average Bonchev–Trinajstić information content (AvgIpc) is 3.51. The van der Waals surface area contributed by atoms with Crippen LogP contribution in [0, 0.1) is 6.92 Å². The molecule has 0 radical (unpaired) electrons. The summed E-state index contributed by atoms with van der Waals surface area (Å²) in [6.07, 6.45) is 0. The highest BCUT2D eigenvalue weighted by Gasteiger charge is 2.24. The number of hydrogen-bond acceptors (Lipinski definition) is 7. The quantitative estimate of drug-likeness (QED) is 0.286. The second kappa shape index (κ2) is 11.7. The lowest BCUT2D eigenvalue weighted by molar-refractivity contribution is -0.143. The molecule has 0 atom stereocenters. The largest absolute Gasteiger partial charge is 0.497 e. The van der Waals surface area contributed by atoms with Crippen LogP contribution in [0.3, 0.4) is 0 Å². The van der Waals surface area contributed by atoms with Crippen LogP contribution in [0.2, 0.25) is 0 Å². The van der Waals surface area contributed by atoms with Crippen LogP contribution in [0.25, 0.3) is 33.9 Å². The molecule has 4 rings (SSSR count). The van der Waals surface area contributed by atoms with Gasteiger partial charge in [0.1, 0.15) is 29.6 Å². The molecule has 0 aliphatic heterocycles. The summed E-state index contributed by atoms with van der Waals surface area (Å²) < 4.78 is 22.6. The first-order chi connectivity index (χ1) is 18.4. The molecule has 0 unspecified atom stereocenters. The molecule has 0 spiro atoms. The molecule has 0 fully saturated rings. The minimum atomic E-state index is -0.525. The SMILES string of the molecule is CCOC(=O)Cn1c(C(=O)OCC)cc(-c2nc(-c3ccc(OC)cc3)c(-c3ccc(OC)cc3)[nH]2)c1C. The summed E-state index contributed by atoms with van der Waals surface area (Å²) in [5, 5.41) is 0. The van der Waals surface area contributed by atoms with Crippen molar-refractivity contribution in [2.75, 3.05) is 27.4 Å². The van der Waals surface area contributed by atoms with E-state index in [9.17, 15) is 9.59 Å². The van der Waals surface area contributed by atoms with Crippen LogP contribution in [0.1, 0.15) is 30.0 Å². The number of nitrogens with one attached hydrogen (secondary N) is 1. The van der Waals surface area contributed by atoms with Crippen molar-refractivity contribution in [2.45, 2.75) is 27.3 Å². The fourth-order valence-electron chi connectivity index (χ4n) is 4.22. The lowest BCUT2D eigenvalue weighted by Crippen LogP contribution is -2.19. The number of hydrogen-bond donors (Lipinski definition) is 1. The summed E-state index contributed by atoms with van der Waals surface area (Å²) >= 11 is 0. The molecule has 2 aromatic carbocycles. The van der Waals surface area contributed by atoms with Crippen LogP contribution in [0.15, 0.2) is 54.6 Å². The standard InChI is InChI=1S/C29H31N3O6/c1-6-37-25(33)17-32-18(3)23(16-24(32)29(34)38-7-2)28-30-26(19-8-12-21(35-4)13-9-19)27(31-28)20-10-14-22(36-5)15-11-20/h8-16H,6-7,17H2,1-5H3,(H,30,31). The van der Waals surface area contributed by atoms with Gasteiger partial charge in [-0.15, -0.1) is 0 Å². The Morgan fingerprint density at radius 2 is 1.45 bits per heavy atom. The molecular formula is C29H31N3O6. The van der Waals surface area contributed by atoms with Crippen LogP contribution in [-0.2, 0) is 20.8 Å². The van der Waals surface area contributed by atoms with E-state index in [0.717, 1.165) is 34.0 Å². The fourth-order valence-corrected chi connectivity index (χ4v) is 4.22. The highest BCUT2D eigenvalue weighted by molar-refractivity contribution is 5.91. The lowest BCUT2D eigenvalue weighted by Gasteiger charge is -2.10. The third kappa shape index (κ3) is 5.41. The molecular weight excluding hydrogens is 486 g/mol. The van der Waals surface area contributed by atoms with E-state index in [1.54, 1.807) is 38.7 Å². The maximum absolute atomic E-state index is 12.8. The van der Waals surface area contributed by atoms with Crippen molar-refractivity contribution in [3.63, 3.8) is 0 Å². The van der Waals surface area contributed by atoms with Crippen molar-refractivity contribution >= 4 is 11.9 Å². The van der Waals surface area contributed by atoms with Gasteiger partial charge in [-0.05, 0) is 75.4 Å². The van der Waals surface area contributed by atoms with Gasteiger partial charge in [-0.3, -0.25) is 4.79 Å². The second-order valence-corrected chi connectivity index (χ2v) is 8.41. The van der Waals surface area contributed by atoms with Crippen molar-refractivity contribution in [3.8, 4) is 45.4 Å². The molecule has 0 saturated carbocycles. The summed E-state index contributed by atoms with van der Waals surface area (Å²) in [6, 6.07) is 17.0. The van der Waals surface area contributed by atoms with Crippen molar-refractivity contribution in [2.24, 2.45) is 0 Å². The minimum absolute atomic E-state index is 0.120. The maximum atomic E-state index is 12.8. The summed E-state index contributed by atoms with van der Waals surface area (Å²) in [6.45, 7) is 5.64. The Balaban J connectivity index is 1.87. The highest BCUT2D eigenvalue weighted by Crippen LogP contribution is 2.36. The number of aromatic nitrogens is 3. The summed E-state index contributed by atoms with van der Waals surface area (Å²) in [5.74, 6) is 1.06. The van der Waals surface area contributed by atoms with E-state index in [4.69, 9.17) is 23.9 Å². The van der Waals surface area contributed by atoms with Gasteiger partial charge in [0.2, 0.25) is 0 Å². The Labute approximate surface area is 221 Å². The number of esters is 2. The normalized spacial score (nSPS) is 10.8. The van der Waals surface area contributed by atoms with Gasteiger partial charge in [0.05, 0.1) is 38.8 Å². The average molecular weight is 518 g/mol. The van der Waals surface area contributed by atoms with Gasteiger partial charge in [0.15, 0.2) is 0 Å². The molecule has 4 aromatic rings. The number of aromatic amines is 1. The molecule has 0 bridgehead atoms. The van der Waals surface area contributed by atoms with E-state index in [2.05, 4.69) is 4.98 Å². The predicted octanol–water partition coefficient (Wildman–Crippen LogP) is 5.28. The van der Waals surface area contributed by atoms with Crippen LogP contribution < -0.4 is 9.47 Å². The number of rotatable bonds is 10. The first-order valence-electron chi connectivity index (χ1n) is 12.3. The van der Waals surface area contributed by atoms with E-state index in [0.29, 0.717) is 17.1 Å². The second-order valence-electron chi connectivity index (χ2n) is 8.41. The number of methoxy groups -OCH3 is 2. The fraction of sp³-hybridized carbons (Fsp3) is 0.276. The topological polar surface area (TPSA) is 105 Å². The molecule has 0 aliphatic carbocycles. The molecule has 198 valence electrons. The molecule has 1 N–H and O–H groups in total. The molecule has 38 heavy (non-hydrogen) atoms. The van der Waals surface area contributed by atoms with Gasteiger partial charge < -0.3 is 28.5 Å². The van der Waals surface area contributed by atoms with Gasteiger partial charge in [-0.25, -0.2) is 9.78 Å². The Morgan fingerprint density at radius 1 is 0.868 bits per heavy atom. The van der Waals surface area contributed by atoms with Gasteiger partial charge in [-0.1, -0.05) is 0 Å². The Bertz CT molecular complexity index is 1350. The van der Waals surface area contributed by atoms with E-state index in [-0.39, 0.29) is 25.5 Å². The minimum Gasteiger partial charge on any atom is -0.497 e. The summed E-state index contributed by atoms with van der Waals surface area (Å²) in [4.78, 5) is 33.5. The number of ether oxygens (including phenoxy) is 4. The van der Waals surface area contributed by atoms with Crippen LogP contribution in [0.5, 0.6) is 11.5 Å². The smallest absolute Gasteiger partial charge is 0.354 e. The number of imidazole rings is 1. The van der Waals surface area contributed by atoms with E-state index in [1.807, 2.05) is 55.5 Å². The third-order valence-electron chi connectivity index (χ3n) is 6.14. The van der Waals surface area contributed by atoms with Crippen LogP contribution in [0.4, 0.5) is 0 Å². The van der Waals surface area contributed by atoms with E-state index >= 15 is 0 Å². The van der Waals surface area contributed by atoms with Gasteiger partial charge in [0.25, 0.3) is 0 Å². The number of nitrogens with zero attached hydrogens (tertiary/aromatic N) is 2. The molecule has 9 nitrogen and oxygen atoms in total. The number of H-pyrrole nitrogens is 1. The van der Waals surface area contributed by atoms with Gasteiger partial charge in [-0.2, -0.15) is 0 Å². The highest BCUT2D eigenvalue weighted by atomic mass is 16.5. The molecule has 0 saturated heterocycles. The zero-order valence-corrected chi connectivity index (χ0v) is 22.2. The third-order valence-corrected chi connectivity index (χ3v) is 6.14. The van der Waals surface area contributed by atoms with E-state index < -0.39 is 11.9 Å². The maximum Gasteiger partial charge on any atom is 0.354 e. The van der Waals surface area contributed by atoms with Gasteiger partial charge >= 0.3 is 11.9 Å². The Hall–Kier alpha value is -4.53. The number of carbonyl (C=O) groups excluding carboxylic acids is 2. The van der Waals surface area contributed by atoms with Gasteiger partial charge in [0, 0.05) is 22.4 Å². The lowest BCUT2D eigenvalue weighted by atomic mass is 10.0. The Morgan fingerprint density at radius 3 is 2.00 bits per heavy atom. The first-order valence-corrected chi connectivity index (χ1v) is 12.3. The first kappa shape index (κ1) is 26.5. The van der Waals surface area contributed by atoms with Crippen LogP contribution in [-0.4, -0.2) is 53.9 Å².